The molecule has 2 aliphatic rings. The van der Waals surface area contributed by atoms with Crippen molar-refractivity contribution < 1.29 is 4.79 Å². The van der Waals surface area contributed by atoms with Crippen molar-refractivity contribution in [1.29, 1.82) is 0 Å². The molecular weight excluding hydrogens is 426 g/mol. The van der Waals surface area contributed by atoms with Gasteiger partial charge in [0.15, 0.2) is 0 Å². The molecule has 4 aromatic rings. The lowest BCUT2D eigenvalue weighted by atomic mass is 9.82. The first kappa shape index (κ1) is 21.0. The highest BCUT2D eigenvalue weighted by molar-refractivity contribution is 5.92. The molecule has 1 amide bonds. The molecule has 0 saturated carbocycles. The van der Waals surface area contributed by atoms with Crippen molar-refractivity contribution in [2.75, 3.05) is 11.9 Å². The maximum absolute atomic E-state index is 12.5. The zero-order chi connectivity index (χ0) is 22.9. The van der Waals surface area contributed by atoms with Crippen LogP contribution in [-0.4, -0.2) is 33.4 Å². The summed E-state index contributed by atoms with van der Waals surface area (Å²) in [5.74, 6) is 1.28. The van der Waals surface area contributed by atoms with Gasteiger partial charge in [-0.2, -0.15) is 0 Å². The molecule has 0 aliphatic carbocycles. The van der Waals surface area contributed by atoms with E-state index in [2.05, 4.69) is 37.5 Å². The van der Waals surface area contributed by atoms with Gasteiger partial charge in [0.25, 0.3) is 0 Å². The van der Waals surface area contributed by atoms with Gasteiger partial charge < -0.3 is 15.6 Å². The molecule has 2 aliphatic heterocycles. The molecule has 2 aromatic heterocycles. The number of anilines is 1. The third kappa shape index (κ3) is 4.19. The van der Waals surface area contributed by atoms with Crippen molar-refractivity contribution in [2.24, 2.45) is 5.92 Å². The Balaban J connectivity index is 1.16. The van der Waals surface area contributed by atoms with Crippen molar-refractivity contribution in [1.82, 2.24) is 31.1 Å². The maximum Gasteiger partial charge on any atom is 0.228 e. The Morgan fingerprint density at radius 3 is 2.76 bits per heavy atom. The third-order valence-electron chi connectivity index (χ3n) is 6.82. The Kier molecular flexibility index (Phi) is 5.54. The second-order valence-corrected chi connectivity index (χ2v) is 9.09. The SMILES string of the molecule is O=C(Cc1ccccc1)Nc1cncc(C2CC3C(CN2)NNC3c2nc3ccccc3[nH]2)c1. The largest absolute Gasteiger partial charge is 0.341 e. The van der Waals surface area contributed by atoms with Crippen LogP contribution in [0.4, 0.5) is 5.69 Å². The number of fused-ring (bicyclic) bond motifs is 2. The number of nitrogens with one attached hydrogen (secondary N) is 5. The first-order valence-corrected chi connectivity index (χ1v) is 11.7. The number of rotatable bonds is 5. The average molecular weight is 454 g/mol. The Labute approximate surface area is 197 Å². The van der Waals surface area contributed by atoms with Crippen molar-refractivity contribution in [2.45, 2.75) is 31.0 Å². The molecule has 0 spiro atoms. The van der Waals surface area contributed by atoms with Crippen LogP contribution in [0.25, 0.3) is 11.0 Å². The fraction of sp³-hybridized carbons (Fsp3) is 0.269. The van der Waals surface area contributed by atoms with Crippen LogP contribution in [0.1, 0.15) is 35.5 Å². The van der Waals surface area contributed by atoms with Gasteiger partial charge in [0.2, 0.25) is 5.91 Å². The molecule has 2 saturated heterocycles. The first-order valence-electron chi connectivity index (χ1n) is 11.7. The molecule has 34 heavy (non-hydrogen) atoms. The highest BCUT2D eigenvalue weighted by Gasteiger charge is 2.42. The summed E-state index contributed by atoms with van der Waals surface area (Å²) in [7, 11) is 0. The minimum atomic E-state index is -0.0454. The van der Waals surface area contributed by atoms with E-state index in [1.165, 1.54) is 0 Å². The molecule has 172 valence electrons. The number of pyridine rings is 1. The summed E-state index contributed by atoms with van der Waals surface area (Å²) in [6.07, 6.45) is 4.85. The minimum Gasteiger partial charge on any atom is -0.341 e. The smallest absolute Gasteiger partial charge is 0.228 e. The summed E-state index contributed by atoms with van der Waals surface area (Å²) in [6.45, 7) is 0.837. The number of amides is 1. The number of carbonyl (C=O) groups is 1. The van der Waals surface area contributed by atoms with E-state index in [4.69, 9.17) is 4.98 Å². The number of nitrogens with zero attached hydrogens (tertiary/aromatic N) is 2. The number of imidazole rings is 1. The fourth-order valence-corrected chi connectivity index (χ4v) is 5.12. The number of para-hydroxylation sites is 2. The van der Waals surface area contributed by atoms with E-state index in [1.54, 1.807) is 6.20 Å². The van der Waals surface area contributed by atoms with E-state index in [1.807, 2.05) is 60.8 Å². The van der Waals surface area contributed by atoms with E-state index in [0.717, 1.165) is 46.6 Å². The van der Waals surface area contributed by atoms with Crippen molar-refractivity contribution >= 4 is 22.6 Å². The summed E-state index contributed by atoms with van der Waals surface area (Å²) < 4.78 is 0. The van der Waals surface area contributed by atoms with Gasteiger partial charge in [-0.25, -0.2) is 10.4 Å². The minimum absolute atomic E-state index is 0.0454. The quantitative estimate of drug-likeness (QED) is 0.318. The highest BCUT2D eigenvalue weighted by atomic mass is 16.1. The van der Waals surface area contributed by atoms with Crippen LogP contribution in [-0.2, 0) is 11.2 Å². The summed E-state index contributed by atoms with van der Waals surface area (Å²) >= 11 is 0. The monoisotopic (exact) mass is 453 g/mol. The molecule has 4 atom stereocenters. The highest BCUT2D eigenvalue weighted by Crippen LogP contribution is 2.38. The summed E-state index contributed by atoms with van der Waals surface area (Å²) in [4.78, 5) is 25.2. The van der Waals surface area contributed by atoms with Gasteiger partial charge >= 0.3 is 0 Å². The number of aromatic nitrogens is 3. The lowest BCUT2D eigenvalue weighted by Gasteiger charge is -2.34. The molecule has 8 heteroatoms. The third-order valence-corrected chi connectivity index (χ3v) is 6.82. The summed E-state index contributed by atoms with van der Waals surface area (Å²) in [5, 5.41) is 6.64. The van der Waals surface area contributed by atoms with Crippen LogP contribution < -0.4 is 21.5 Å². The van der Waals surface area contributed by atoms with Gasteiger partial charge in [0.1, 0.15) is 5.82 Å². The average Bonchev–Trinajstić information content (AvgIpc) is 3.48. The van der Waals surface area contributed by atoms with Crippen LogP contribution >= 0.6 is 0 Å². The molecule has 8 nitrogen and oxygen atoms in total. The molecule has 4 unspecified atom stereocenters. The van der Waals surface area contributed by atoms with E-state index < -0.39 is 0 Å². The van der Waals surface area contributed by atoms with Crippen LogP contribution in [0.3, 0.4) is 0 Å². The maximum atomic E-state index is 12.5. The lowest BCUT2D eigenvalue weighted by Crippen LogP contribution is -2.46. The van der Waals surface area contributed by atoms with Crippen LogP contribution in [0, 0.1) is 5.92 Å². The number of hydrogen-bond donors (Lipinski definition) is 5. The second-order valence-electron chi connectivity index (χ2n) is 9.09. The van der Waals surface area contributed by atoms with Gasteiger partial charge in [-0.15, -0.1) is 0 Å². The molecule has 0 bridgehead atoms. The number of benzene rings is 2. The predicted molar refractivity (Wildman–Crippen MR) is 131 cm³/mol. The second kappa shape index (κ2) is 8.98. The van der Waals surface area contributed by atoms with Crippen LogP contribution in [0.5, 0.6) is 0 Å². The fourth-order valence-electron chi connectivity index (χ4n) is 5.12. The zero-order valence-electron chi connectivity index (χ0n) is 18.7. The number of carbonyl (C=O) groups excluding carboxylic acids is 1. The first-order chi connectivity index (χ1) is 16.7. The zero-order valence-corrected chi connectivity index (χ0v) is 18.7. The Morgan fingerprint density at radius 2 is 1.88 bits per heavy atom. The van der Waals surface area contributed by atoms with E-state index in [0.29, 0.717) is 18.4 Å². The van der Waals surface area contributed by atoms with Crippen molar-refractivity contribution in [3.05, 3.63) is 90.0 Å². The Bertz CT molecular complexity index is 1270. The van der Waals surface area contributed by atoms with E-state index in [9.17, 15) is 4.79 Å². The molecular formula is C26H27N7O. The number of hydrogen-bond acceptors (Lipinski definition) is 6. The number of aromatic amines is 1. The van der Waals surface area contributed by atoms with Gasteiger partial charge in [0, 0.05) is 30.7 Å². The predicted octanol–water partition coefficient (Wildman–Crippen LogP) is 3.01. The number of piperidine rings is 1. The topological polar surface area (TPSA) is 107 Å². The molecule has 2 fully saturated rings. The van der Waals surface area contributed by atoms with Crippen molar-refractivity contribution in [3.63, 3.8) is 0 Å². The van der Waals surface area contributed by atoms with E-state index in [-0.39, 0.29) is 18.0 Å². The normalized spacial score (nSPS) is 24.1. The number of H-pyrrole nitrogens is 1. The van der Waals surface area contributed by atoms with Gasteiger partial charge in [-0.3, -0.25) is 15.2 Å². The molecule has 5 N–H and O–H groups in total. The molecule has 0 radical (unpaired) electrons. The molecule has 6 rings (SSSR count). The standard InChI is InChI=1S/C26H27N7O/c34-24(10-16-6-2-1-3-7-16)29-18-11-17(13-27-14-18)22-12-19-23(15-28-22)32-33-25(19)26-30-20-8-4-5-9-21(20)31-26/h1-9,11,13-14,19,22-23,25,28,32-33H,10,12,15H2,(H,29,34)(H,30,31). The molecule has 2 aromatic carbocycles. The van der Waals surface area contributed by atoms with E-state index >= 15 is 0 Å². The van der Waals surface area contributed by atoms with Gasteiger partial charge in [0.05, 0.1) is 35.4 Å². The summed E-state index contributed by atoms with van der Waals surface area (Å²) in [5.41, 5.74) is 11.7. The lowest BCUT2D eigenvalue weighted by molar-refractivity contribution is -0.115. The van der Waals surface area contributed by atoms with Crippen LogP contribution in [0.2, 0.25) is 0 Å². The van der Waals surface area contributed by atoms with Crippen LogP contribution in [0.15, 0.2) is 73.1 Å². The van der Waals surface area contributed by atoms with Crippen molar-refractivity contribution in [3.8, 4) is 0 Å². The molecule has 4 heterocycles. The number of hydrazine groups is 1. The summed E-state index contributed by atoms with van der Waals surface area (Å²) in [6, 6.07) is 20.5. The van der Waals surface area contributed by atoms with Gasteiger partial charge in [-0.05, 0) is 35.7 Å². The van der Waals surface area contributed by atoms with Gasteiger partial charge in [-0.1, -0.05) is 42.5 Å². The Hall–Kier alpha value is -3.59. The Morgan fingerprint density at radius 1 is 1.03 bits per heavy atom.